The predicted octanol–water partition coefficient (Wildman–Crippen LogP) is 4.53. The lowest BCUT2D eigenvalue weighted by atomic mass is 10.1. The first-order valence-corrected chi connectivity index (χ1v) is 7.91. The highest BCUT2D eigenvalue weighted by Crippen LogP contribution is 2.30. The molecule has 0 spiro atoms. The molecule has 0 saturated heterocycles. The van der Waals surface area contributed by atoms with Gasteiger partial charge >= 0.3 is 6.01 Å². The molecule has 0 aliphatic heterocycles. The van der Waals surface area contributed by atoms with Gasteiger partial charge in [-0.05, 0) is 30.7 Å². The van der Waals surface area contributed by atoms with Gasteiger partial charge in [0.25, 0.3) is 5.89 Å². The number of nitrogens with zero attached hydrogens (tertiary/aromatic N) is 2. The Morgan fingerprint density at radius 3 is 2.58 bits per heavy atom. The summed E-state index contributed by atoms with van der Waals surface area (Å²) in [6, 6.07) is 12.7. The van der Waals surface area contributed by atoms with Crippen molar-refractivity contribution in [2.75, 3.05) is 5.32 Å². The van der Waals surface area contributed by atoms with E-state index in [1.54, 1.807) is 18.2 Å². The molecule has 0 bridgehead atoms. The second kappa shape index (κ2) is 7.03. The van der Waals surface area contributed by atoms with E-state index in [1.165, 1.54) is 0 Å². The summed E-state index contributed by atoms with van der Waals surface area (Å²) >= 11 is 12.0. The van der Waals surface area contributed by atoms with Crippen molar-refractivity contribution < 1.29 is 9.21 Å². The van der Waals surface area contributed by atoms with Crippen molar-refractivity contribution in [2.45, 2.75) is 13.3 Å². The summed E-state index contributed by atoms with van der Waals surface area (Å²) in [5, 5.41) is 11.2. The maximum absolute atomic E-state index is 12.0. The summed E-state index contributed by atoms with van der Waals surface area (Å²) in [6.07, 6.45) is 0.222. The topological polar surface area (TPSA) is 68.0 Å². The van der Waals surface area contributed by atoms with E-state index in [1.807, 2.05) is 31.2 Å². The van der Waals surface area contributed by atoms with Crippen LogP contribution in [0.3, 0.4) is 0 Å². The van der Waals surface area contributed by atoms with Crippen LogP contribution in [0.1, 0.15) is 11.1 Å². The molecule has 3 aromatic rings. The van der Waals surface area contributed by atoms with Gasteiger partial charge in [0, 0.05) is 5.02 Å². The average Bonchev–Trinajstić information content (AvgIpc) is 2.97. The van der Waals surface area contributed by atoms with Crippen LogP contribution in [0.15, 0.2) is 46.9 Å². The van der Waals surface area contributed by atoms with Crippen LogP contribution >= 0.6 is 23.2 Å². The van der Waals surface area contributed by atoms with E-state index >= 15 is 0 Å². The second-order valence-electron chi connectivity index (χ2n) is 5.25. The molecule has 7 heteroatoms. The number of amides is 1. The molecule has 1 N–H and O–H groups in total. The van der Waals surface area contributed by atoms with Gasteiger partial charge in [-0.3, -0.25) is 10.1 Å². The summed E-state index contributed by atoms with van der Waals surface area (Å²) in [7, 11) is 0. The van der Waals surface area contributed by atoms with Gasteiger partial charge < -0.3 is 4.42 Å². The first-order chi connectivity index (χ1) is 11.5. The Balaban J connectivity index is 1.69. The second-order valence-corrected chi connectivity index (χ2v) is 6.09. The molecule has 5 nitrogen and oxygen atoms in total. The molecule has 0 radical (unpaired) electrons. The Hall–Kier alpha value is -2.37. The van der Waals surface area contributed by atoms with E-state index < -0.39 is 0 Å². The standard InChI is InChI=1S/C17H13Cl2N3O2/c1-10-2-4-11(5-3-10)8-15(23)20-17-22-21-16(24-17)13-7-6-12(18)9-14(13)19/h2-7,9H,8H2,1H3,(H,20,22,23). The van der Waals surface area contributed by atoms with Crippen molar-refractivity contribution in [1.82, 2.24) is 10.2 Å². The van der Waals surface area contributed by atoms with Crippen LogP contribution in [0.4, 0.5) is 6.01 Å². The van der Waals surface area contributed by atoms with Gasteiger partial charge in [-0.25, -0.2) is 0 Å². The van der Waals surface area contributed by atoms with Crippen molar-refractivity contribution >= 4 is 35.1 Å². The van der Waals surface area contributed by atoms with E-state index in [0.717, 1.165) is 11.1 Å². The molecule has 1 aromatic heterocycles. The minimum absolute atomic E-state index is 0.0214. The minimum atomic E-state index is -0.240. The largest absolute Gasteiger partial charge is 0.403 e. The van der Waals surface area contributed by atoms with Gasteiger partial charge in [0.2, 0.25) is 5.91 Å². The monoisotopic (exact) mass is 361 g/mol. The smallest absolute Gasteiger partial charge is 0.322 e. The van der Waals surface area contributed by atoms with E-state index in [-0.39, 0.29) is 24.2 Å². The first kappa shape index (κ1) is 16.5. The molecular formula is C17H13Cl2N3O2. The van der Waals surface area contributed by atoms with Crippen molar-refractivity contribution in [3.63, 3.8) is 0 Å². The van der Waals surface area contributed by atoms with Crippen LogP contribution in [-0.2, 0) is 11.2 Å². The highest BCUT2D eigenvalue weighted by atomic mass is 35.5. The van der Waals surface area contributed by atoms with Gasteiger partial charge in [-0.1, -0.05) is 58.1 Å². The Bertz CT molecular complexity index is 876. The number of aromatic nitrogens is 2. The lowest BCUT2D eigenvalue weighted by Crippen LogP contribution is -2.14. The Labute approximate surface area is 148 Å². The van der Waals surface area contributed by atoms with Gasteiger partial charge in [0.15, 0.2) is 0 Å². The number of rotatable bonds is 4. The number of hydrogen-bond acceptors (Lipinski definition) is 4. The number of carbonyl (C=O) groups excluding carboxylic acids is 1. The van der Waals surface area contributed by atoms with Crippen molar-refractivity contribution in [2.24, 2.45) is 0 Å². The molecule has 122 valence electrons. The van der Waals surface area contributed by atoms with Crippen molar-refractivity contribution in [1.29, 1.82) is 0 Å². The predicted molar refractivity (Wildman–Crippen MR) is 93.3 cm³/mol. The fourth-order valence-electron chi connectivity index (χ4n) is 2.10. The maximum Gasteiger partial charge on any atom is 0.322 e. The molecule has 0 atom stereocenters. The number of benzene rings is 2. The third-order valence-corrected chi connectivity index (χ3v) is 3.87. The fraction of sp³-hybridized carbons (Fsp3) is 0.118. The summed E-state index contributed by atoms with van der Waals surface area (Å²) in [5.74, 6) is -0.0291. The zero-order valence-corrected chi connectivity index (χ0v) is 14.2. The molecule has 0 unspecified atom stereocenters. The maximum atomic E-state index is 12.0. The van der Waals surface area contributed by atoms with E-state index in [2.05, 4.69) is 15.5 Å². The molecule has 3 rings (SSSR count). The lowest BCUT2D eigenvalue weighted by Gasteiger charge is -2.02. The summed E-state index contributed by atoms with van der Waals surface area (Å²) in [6.45, 7) is 1.99. The number of anilines is 1. The van der Waals surface area contributed by atoms with E-state index in [9.17, 15) is 4.79 Å². The van der Waals surface area contributed by atoms with Crippen LogP contribution in [-0.4, -0.2) is 16.1 Å². The molecule has 24 heavy (non-hydrogen) atoms. The summed E-state index contributed by atoms with van der Waals surface area (Å²) < 4.78 is 5.44. The number of aryl methyl sites for hydroxylation is 1. The molecule has 0 aliphatic rings. The summed E-state index contributed by atoms with van der Waals surface area (Å²) in [5.41, 5.74) is 2.59. The van der Waals surface area contributed by atoms with Gasteiger partial charge in [-0.2, -0.15) is 0 Å². The minimum Gasteiger partial charge on any atom is -0.403 e. The molecule has 0 fully saturated rings. The molecule has 2 aromatic carbocycles. The third kappa shape index (κ3) is 3.93. The Morgan fingerprint density at radius 2 is 1.88 bits per heavy atom. The highest BCUT2D eigenvalue weighted by molar-refractivity contribution is 6.36. The number of nitrogens with one attached hydrogen (secondary N) is 1. The van der Waals surface area contributed by atoms with Gasteiger partial charge in [-0.15, -0.1) is 5.10 Å². The fourth-order valence-corrected chi connectivity index (χ4v) is 2.59. The quantitative estimate of drug-likeness (QED) is 0.740. The SMILES string of the molecule is Cc1ccc(CC(=O)Nc2nnc(-c3ccc(Cl)cc3Cl)o2)cc1. The Morgan fingerprint density at radius 1 is 1.12 bits per heavy atom. The molecule has 1 heterocycles. The van der Waals surface area contributed by atoms with E-state index in [4.69, 9.17) is 27.6 Å². The van der Waals surface area contributed by atoms with Crippen LogP contribution in [0.5, 0.6) is 0 Å². The Kier molecular flexibility index (Phi) is 4.83. The lowest BCUT2D eigenvalue weighted by molar-refractivity contribution is -0.115. The van der Waals surface area contributed by atoms with Crippen LogP contribution in [0, 0.1) is 6.92 Å². The van der Waals surface area contributed by atoms with Gasteiger partial charge in [0.1, 0.15) is 0 Å². The van der Waals surface area contributed by atoms with Crippen LogP contribution in [0.25, 0.3) is 11.5 Å². The number of hydrogen-bond donors (Lipinski definition) is 1. The number of halogens is 2. The molecule has 0 aliphatic carbocycles. The highest BCUT2D eigenvalue weighted by Gasteiger charge is 2.14. The molecule has 1 amide bonds. The average molecular weight is 362 g/mol. The molecular weight excluding hydrogens is 349 g/mol. The van der Waals surface area contributed by atoms with Crippen LogP contribution < -0.4 is 5.32 Å². The van der Waals surface area contributed by atoms with E-state index in [0.29, 0.717) is 15.6 Å². The van der Waals surface area contributed by atoms with Crippen molar-refractivity contribution in [3.05, 3.63) is 63.6 Å². The normalized spacial score (nSPS) is 10.6. The van der Waals surface area contributed by atoms with Crippen molar-refractivity contribution in [3.8, 4) is 11.5 Å². The van der Waals surface area contributed by atoms with Gasteiger partial charge in [0.05, 0.1) is 17.0 Å². The molecule has 0 saturated carbocycles. The zero-order chi connectivity index (χ0) is 17.1. The number of carbonyl (C=O) groups is 1. The first-order valence-electron chi connectivity index (χ1n) is 7.15. The van der Waals surface area contributed by atoms with Crippen LogP contribution in [0.2, 0.25) is 10.0 Å². The third-order valence-electron chi connectivity index (χ3n) is 3.32. The summed E-state index contributed by atoms with van der Waals surface area (Å²) in [4.78, 5) is 12.0. The zero-order valence-electron chi connectivity index (χ0n) is 12.7.